The molecule has 11 aromatic carbocycles. The Hall–Kier alpha value is -13.4. The number of hydrogen-bond acceptors (Lipinski definition) is 11. The lowest BCUT2D eigenvalue weighted by atomic mass is 10.1. The van der Waals surface area contributed by atoms with Crippen molar-refractivity contribution in [2.24, 2.45) is 43.6 Å². The first-order valence-electron chi connectivity index (χ1n) is 38.5. The second-order valence-corrected chi connectivity index (χ2v) is 30.2. The van der Waals surface area contributed by atoms with Crippen molar-refractivity contribution in [3.8, 4) is 0 Å². The van der Waals surface area contributed by atoms with Gasteiger partial charge in [-0.3, -0.25) is 29.9 Å². The van der Waals surface area contributed by atoms with Gasteiger partial charge in [0.05, 0.1) is 42.0 Å². The number of nitrogens with one attached hydrogen (secondary N) is 2. The summed E-state index contributed by atoms with van der Waals surface area (Å²) in [6, 6.07) is 86.2. The van der Waals surface area contributed by atoms with Crippen LogP contribution in [0.2, 0.25) is 20.1 Å². The molecule has 0 aromatic heterocycles. The van der Waals surface area contributed by atoms with E-state index in [0.717, 1.165) is 78.1 Å². The second kappa shape index (κ2) is 47.9. The summed E-state index contributed by atoms with van der Waals surface area (Å²) in [5, 5.41) is 19.5. The summed E-state index contributed by atoms with van der Waals surface area (Å²) in [5.41, 5.74) is 41.6. The van der Waals surface area contributed by atoms with E-state index in [1.165, 1.54) is 18.2 Å². The van der Waals surface area contributed by atoms with Crippen LogP contribution >= 0.6 is 46.4 Å². The Kier molecular flexibility index (Phi) is 36.8. The Balaban J connectivity index is 0.000000201. The molecule has 0 aliphatic heterocycles. The molecule has 0 radical (unpaired) electrons. The topological polar surface area (TPSA) is 325 Å². The minimum absolute atomic E-state index is 0.0514. The number of nitro benzene ring substituents is 1. The number of non-ortho nitro benzene ring substituents is 1. The highest BCUT2D eigenvalue weighted by atomic mass is 35.5. The summed E-state index contributed by atoms with van der Waals surface area (Å²) < 4.78 is 0. The molecule has 0 saturated heterocycles. The van der Waals surface area contributed by atoms with Crippen LogP contribution in [-0.2, 0) is 78.5 Å². The second-order valence-electron chi connectivity index (χ2n) is 28.5. The van der Waals surface area contributed by atoms with E-state index in [1.54, 1.807) is 84.7 Å². The van der Waals surface area contributed by atoms with Gasteiger partial charge >= 0.3 is 24.1 Å². The van der Waals surface area contributed by atoms with E-state index in [2.05, 4.69) is 38.3 Å². The van der Waals surface area contributed by atoms with E-state index in [0.29, 0.717) is 122 Å². The fraction of sp³-hybridized carbons (Fsp3) is 0.194. The summed E-state index contributed by atoms with van der Waals surface area (Å²) in [6.07, 6.45) is 0. The van der Waals surface area contributed by atoms with Crippen LogP contribution in [0.15, 0.2) is 306 Å². The summed E-state index contributed by atoms with van der Waals surface area (Å²) >= 11 is 24.0. The van der Waals surface area contributed by atoms with E-state index in [4.69, 9.17) is 75.1 Å². The van der Waals surface area contributed by atoms with Gasteiger partial charge in [-0.05, 0) is 159 Å². The third kappa shape index (κ3) is 32.8. The average Bonchev–Trinajstić information content (AvgIpc) is 0.843. The first kappa shape index (κ1) is 93.1. The Morgan fingerprint density at radius 3 is 1.01 bits per heavy atom. The lowest BCUT2D eigenvalue weighted by Gasteiger charge is -2.29. The molecular formula is C93H102Cl4N18O6. The predicted octanol–water partition coefficient (Wildman–Crippen LogP) is 18.8. The quantitative estimate of drug-likeness (QED) is 0.00996. The maximum absolute atomic E-state index is 13.4. The molecule has 0 spiro atoms. The van der Waals surface area contributed by atoms with Gasteiger partial charge in [-0.15, -0.1) is 0 Å². The Morgan fingerprint density at radius 1 is 0.372 bits per heavy atom. The predicted molar refractivity (Wildman–Crippen MR) is 492 cm³/mol. The minimum Gasteiger partial charge on any atom is -0.388 e. The van der Waals surface area contributed by atoms with Crippen LogP contribution in [0, 0.1) is 10.1 Å². The number of carbonyl (C=O) groups is 4. The van der Waals surface area contributed by atoms with E-state index in [9.17, 15) is 29.3 Å². The molecular weight excluding hydrogens is 1610 g/mol. The number of guanidine groups is 1. The zero-order valence-corrected chi connectivity index (χ0v) is 71.5. The standard InChI is InChI=1S/2C25H27ClN4O.C24H24ClN5O3.C19H24ClN5O/c1-19(27)28-16-21-7-6-8-22(15-21)18-30(17-20-11-13-23(26)14-12-20)25(31)29(2)24-9-4-3-5-10-24;1-19(27)28-16-20-8-10-21(11-9-20)17-30(18-22-12-14-23(26)15-13-22)25(31)29(2)24-6-4-3-5-7-24;1-17(26)27-14-18-5-7-19(8-6-18)15-29(16-20-9-11-21(25)12-10-20)24(31)28-22-3-2-4-23(13-22)30(32)33;1-24(2)19(26)25(13-16-7-9-17(20)10-8-16)12-15-5-3-14(4-6-15)11-23-18(21)22/h3-15,28H,1,16-18,27H2,2H3;3-15H,16-18H2,1-2H3,(H2,27,28);2-13H,14-16H2,1H3,(H2,26,27)(H,28,31);3-10H,11-13H2,1-2H3,(H4,21,22,23). The molecule has 0 saturated carbocycles. The number of benzene rings is 11. The molecule has 0 unspecified atom stereocenters. The first-order chi connectivity index (χ1) is 58.0. The molecule has 0 atom stereocenters. The van der Waals surface area contributed by atoms with Crippen molar-refractivity contribution >= 4 is 111 Å². The van der Waals surface area contributed by atoms with E-state index < -0.39 is 4.92 Å². The molecule has 11 rings (SSSR count). The van der Waals surface area contributed by atoms with Gasteiger partial charge in [-0.1, -0.05) is 241 Å². The van der Waals surface area contributed by atoms with E-state index in [1.807, 2.05) is 246 Å². The Morgan fingerprint density at radius 2 is 0.678 bits per heavy atom. The lowest BCUT2D eigenvalue weighted by molar-refractivity contribution is -0.384. The largest absolute Gasteiger partial charge is 0.388 e. The summed E-state index contributed by atoms with van der Waals surface area (Å²) in [5.74, 6) is 1.58. The van der Waals surface area contributed by atoms with Gasteiger partial charge in [0, 0.05) is 136 Å². The maximum atomic E-state index is 13.4. The minimum atomic E-state index is -0.501. The third-order valence-electron chi connectivity index (χ3n) is 18.3. The zero-order chi connectivity index (χ0) is 87.3. The molecule has 8 amide bonds. The van der Waals surface area contributed by atoms with Crippen molar-refractivity contribution in [2.75, 3.05) is 43.3 Å². The van der Waals surface area contributed by atoms with Crippen molar-refractivity contribution in [3.63, 3.8) is 0 Å². The molecule has 0 aliphatic carbocycles. The number of amides is 8. The number of nitrogens with two attached hydrogens (primary N) is 5. The Labute approximate surface area is 727 Å². The van der Waals surface area contributed by atoms with Crippen LogP contribution in [0.5, 0.6) is 0 Å². The Bertz CT molecular complexity index is 5240. The zero-order valence-electron chi connectivity index (χ0n) is 68.5. The highest BCUT2D eigenvalue weighted by molar-refractivity contribution is 6.31. The molecule has 0 bridgehead atoms. The van der Waals surface area contributed by atoms with Crippen molar-refractivity contribution in [3.05, 3.63) is 388 Å². The van der Waals surface area contributed by atoms with Gasteiger partial charge in [0.15, 0.2) is 5.96 Å². The molecule has 628 valence electrons. The molecule has 121 heavy (non-hydrogen) atoms. The number of urea groups is 4. The summed E-state index contributed by atoms with van der Waals surface area (Å²) in [7, 11) is 7.08. The SMILES string of the molecule is C=C(N)NCc1cccc(CN(Cc2ccc(Cl)cc2)C(=O)N(C)c2ccccc2)c1.CC(N)=NCc1ccc(CN(Cc2ccc(Cl)cc2)C(=O)N(C)c2ccccc2)cc1.CC(N)=NCc1ccc(CN(Cc2ccc(Cl)cc2)C(=O)Nc2cccc([N+](=O)[O-])c2)cc1.CN(C)C(=O)N(Cc1ccc(Cl)cc1)Cc1ccc(CN=C(N)N)cc1. The van der Waals surface area contributed by atoms with Gasteiger partial charge in [0.1, 0.15) is 0 Å². The van der Waals surface area contributed by atoms with Crippen LogP contribution in [0.1, 0.15) is 80.6 Å². The van der Waals surface area contributed by atoms with Crippen molar-refractivity contribution in [1.29, 1.82) is 0 Å². The van der Waals surface area contributed by atoms with Crippen molar-refractivity contribution in [2.45, 2.75) is 92.4 Å². The highest BCUT2D eigenvalue weighted by Gasteiger charge is 2.24. The number of aliphatic imine (C=N–C) groups is 3. The van der Waals surface area contributed by atoms with Gasteiger partial charge in [0.25, 0.3) is 5.69 Å². The van der Waals surface area contributed by atoms with Crippen molar-refractivity contribution < 1.29 is 24.1 Å². The number of anilines is 3. The molecule has 12 N–H and O–H groups in total. The summed E-state index contributed by atoms with van der Waals surface area (Å²) in [4.78, 5) is 87.4. The van der Waals surface area contributed by atoms with Crippen LogP contribution in [0.4, 0.5) is 41.9 Å². The van der Waals surface area contributed by atoms with Crippen LogP contribution in [0.3, 0.4) is 0 Å². The molecule has 11 aromatic rings. The third-order valence-corrected chi connectivity index (χ3v) is 19.3. The normalized spacial score (nSPS) is 10.8. The van der Waals surface area contributed by atoms with Crippen LogP contribution in [0.25, 0.3) is 0 Å². The number of hydrogen-bond donors (Lipinski definition) is 7. The fourth-order valence-corrected chi connectivity index (χ4v) is 12.4. The number of nitrogens with zero attached hydrogens (tertiary/aromatic N) is 11. The van der Waals surface area contributed by atoms with Gasteiger partial charge < -0.3 is 63.8 Å². The van der Waals surface area contributed by atoms with Gasteiger partial charge in [-0.25, -0.2) is 24.2 Å². The maximum Gasteiger partial charge on any atom is 0.324 e. The van der Waals surface area contributed by atoms with Gasteiger partial charge in [0.2, 0.25) is 0 Å². The van der Waals surface area contributed by atoms with Crippen LogP contribution in [-0.4, -0.2) is 99.4 Å². The van der Waals surface area contributed by atoms with Gasteiger partial charge in [-0.2, -0.15) is 0 Å². The number of halogens is 4. The summed E-state index contributed by atoms with van der Waals surface area (Å²) in [6.45, 7) is 12.8. The first-order valence-corrected chi connectivity index (χ1v) is 40.0. The fourth-order valence-electron chi connectivity index (χ4n) is 11.9. The molecule has 24 nitrogen and oxygen atoms in total. The highest BCUT2D eigenvalue weighted by Crippen LogP contribution is 2.26. The van der Waals surface area contributed by atoms with E-state index in [-0.39, 0.29) is 35.8 Å². The monoisotopic (exact) mass is 1710 g/mol. The molecule has 0 aliphatic rings. The van der Waals surface area contributed by atoms with Crippen molar-refractivity contribution in [1.82, 2.24) is 29.8 Å². The smallest absolute Gasteiger partial charge is 0.324 e. The van der Waals surface area contributed by atoms with E-state index >= 15 is 0 Å². The number of amidine groups is 2. The number of carbonyl (C=O) groups excluding carboxylic acids is 4. The molecule has 0 fully saturated rings. The molecule has 28 heteroatoms. The van der Waals surface area contributed by atoms with Crippen LogP contribution < -0.4 is 49.1 Å². The average molecular weight is 1710 g/mol. The number of nitro groups is 1. The number of para-hydroxylation sites is 2. The molecule has 0 heterocycles. The lowest BCUT2D eigenvalue weighted by Crippen LogP contribution is -2.40. The number of rotatable bonds is 29.